The number of rotatable bonds is 8. The molecule has 2 aliphatic rings. The van der Waals surface area contributed by atoms with Gasteiger partial charge in [0.05, 0.1) is 14.2 Å². The zero-order chi connectivity index (χ0) is 27.0. The quantitative estimate of drug-likeness (QED) is 0.455. The van der Waals surface area contributed by atoms with Gasteiger partial charge in [0.2, 0.25) is 5.91 Å². The zero-order valence-corrected chi connectivity index (χ0v) is 21.7. The first-order valence-corrected chi connectivity index (χ1v) is 12.7. The molecule has 8 nitrogen and oxygen atoms in total. The van der Waals surface area contributed by atoms with Crippen LogP contribution in [0.4, 0.5) is 14.6 Å². The summed E-state index contributed by atoms with van der Waals surface area (Å²) in [5.74, 6) is -0.295. The molecule has 0 bridgehead atoms. The van der Waals surface area contributed by atoms with Crippen molar-refractivity contribution in [2.45, 2.75) is 32.2 Å². The summed E-state index contributed by atoms with van der Waals surface area (Å²) < 4.78 is 39.2. The van der Waals surface area contributed by atoms with Gasteiger partial charge in [0.15, 0.2) is 23.1 Å². The van der Waals surface area contributed by atoms with Gasteiger partial charge >= 0.3 is 0 Å². The molecule has 1 spiro atoms. The summed E-state index contributed by atoms with van der Waals surface area (Å²) in [7, 11) is 2.79. The number of nitrogens with two attached hydrogens (primary N) is 1. The van der Waals surface area contributed by atoms with Crippen molar-refractivity contribution in [3.05, 3.63) is 59.4 Å². The molecule has 1 fully saturated rings. The first-order chi connectivity index (χ1) is 18.3. The van der Waals surface area contributed by atoms with Gasteiger partial charge in [-0.1, -0.05) is 25.1 Å². The third-order valence-corrected chi connectivity index (χ3v) is 7.44. The third-order valence-electron chi connectivity index (χ3n) is 7.44. The number of hydrogen-bond acceptors (Lipinski definition) is 7. The number of carbonyl (C=O) groups is 1. The highest BCUT2D eigenvalue weighted by Crippen LogP contribution is 2.57. The van der Waals surface area contributed by atoms with Crippen LogP contribution in [-0.2, 0) is 4.79 Å². The Kier molecular flexibility index (Phi) is 6.92. The molecule has 3 aromatic rings. The van der Waals surface area contributed by atoms with Crippen LogP contribution in [0.15, 0.2) is 36.4 Å². The minimum Gasteiger partial charge on any atom is -0.493 e. The normalized spacial score (nSPS) is 16.9. The predicted octanol–water partition coefficient (Wildman–Crippen LogP) is 4.25. The van der Waals surface area contributed by atoms with Gasteiger partial charge in [-0.3, -0.25) is 4.79 Å². The first-order valence-electron chi connectivity index (χ1n) is 12.7. The van der Waals surface area contributed by atoms with E-state index < -0.39 is 5.82 Å². The van der Waals surface area contributed by atoms with Gasteiger partial charge in [-0.2, -0.15) is 0 Å². The van der Waals surface area contributed by atoms with Crippen molar-refractivity contribution in [3.63, 3.8) is 0 Å². The summed E-state index contributed by atoms with van der Waals surface area (Å²) in [6.07, 6.45) is 3.94. The Morgan fingerprint density at radius 3 is 2.55 bits per heavy atom. The number of carbonyl (C=O) groups excluding carboxylic acids is 1. The highest BCUT2D eigenvalue weighted by molar-refractivity contribution is 5.93. The molecule has 200 valence electrons. The van der Waals surface area contributed by atoms with E-state index in [9.17, 15) is 9.18 Å². The molecule has 2 heterocycles. The Labute approximate surface area is 219 Å². The minimum absolute atomic E-state index is 0.00340. The number of halogens is 2. The monoisotopic (exact) mass is 523 g/mol. The molecule has 5 rings (SSSR count). The van der Waals surface area contributed by atoms with Crippen LogP contribution in [0.3, 0.4) is 0 Å². The standard InChI is InChI=1S/C28H31F2N5O3/c1-4-32-20(16-5-7-17(29)8-6-16)14-22(36)35-12-9-19(28(15-35)10-11-28)27-33-24-18(26(31)34-27)13-21(37-2)25(38-3)23(24)30/h5-9,13,20,32H,4,10-12,14-15H2,1-3H3,(H2,31,33,34)/t20-/m1/s1. The molecular weight excluding hydrogens is 492 g/mol. The zero-order valence-electron chi connectivity index (χ0n) is 21.7. The van der Waals surface area contributed by atoms with E-state index in [1.807, 2.05) is 17.9 Å². The van der Waals surface area contributed by atoms with Gasteiger partial charge in [-0.25, -0.2) is 18.7 Å². The Hall–Kier alpha value is -3.79. The fourth-order valence-electron chi connectivity index (χ4n) is 5.25. The van der Waals surface area contributed by atoms with Crippen molar-refractivity contribution in [3.8, 4) is 11.5 Å². The van der Waals surface area contributed by atoms with E-state index in [1.54, 1.807) is 18.2 Å². The Morgan fingerprint density at radius 1 is 1.18 bits per heavy atom. The van der Waals surface area contributed by atoms with Crippen LogP contribution in [-0.4, -0.2) is 54.6 Å². The summed E-state index contributed by atoms with van der Waals surface area (Å²) in [4.78, 5) is 24.2. The van der Waals surface area contributed by atoms with Crippen LogP contribution < -0.4 is 20.5 Å². The number of hydrogen-bond donors (Lipinski definition) is 2. The van der Waals surface area contributed by atoms with Crippen LogP contribution >= 0.6 is 0 Å². The second-order valence-electron chi connectivity index (χ2n) is 9.79. The van der Waals surface area contributed by atoms with E-state index in [-0.39, 0.29) is 52.4 Å². The largest absolute Gasteiger partial charge is 0.493 e. The molecule has 1 aliphatic heterocycles. The molecule has 3 N–H and O–H groups in total. The van der Waals surface area contributed by atoms with Gasteiger partial charge in [-0.15, -0.1) is 0 Å². The van der Waals surface area contributed by atoms with E-state index in [4.69, 9.17) is 15.2 Å². The molecule has 0 saturated heterocycles. The van der Waals surface area contributed by atoms with Crippen molar-refractivity contribution < 1.29 is 23.0 Å². The smallest absolute Gasteiger partial charge is 0.224 e. The van der Waals surface area contributed by atoms with E-state index in [2.05, 4.69) is 15.3 Å². The molecule has 1 atom stereocenters. The lowest BCUT2D eigenvalue weighted by Crippen LogP contribution is -2.41. The predicted molar refractivity (Wildman–Crippen MR) is 141 cm³/mol. The lowest BCUT2D eigenvalue weighted by molar-refractivity contribution is -0.132. The van der Waals surface area contributed by atoms with Crippen molar-refractivity contribution >= 4 is 28.2 Å². The van der Waals surface area contributed by atoms with E-state index in [0.29, 0.717) is 30.8 Å². The number of methoxy groups -OCH3 is 2. The molecule has 1 amide bonds. The van der Waals surface area contributed by atoms with E-state index in [0.717, 1.165) is 24.0 Å². The Balaban J connectivity index is 1.42. The minimum atomic E-state index is -0.662. The SMILES string of the molecule is CCN[C@H](CC(=O)N1CC=C(c2nc(N)c3cc(OC)c(OC)c(F)c3n2)C2(CC2)C1)c1ccc(F)cc1. The van der Waals surface area contributed by atoms with Crippen LogP contribution in [0.2, 0.25) is 0 Å². The highest BCUT2D eigenvalue weighted by Gasteiger charge is 2.51. The third kappa shape index (κ3) is 4.64. The molecule has 38 heavy (non-hydrogen) atoms. The number of nitrogens with zero attached hydrogens (tertiary/aromatic N) is 3. The van der Waals surface area contributed by atoms with E-state index >= 15 is 4.39 Å². The maximum Gasteiger partial charge on any atom is 0.224 e. The summed E-state index contributed by atoms with van der Waals surface area (Å²) in [5.41, 5.74) is 7.77. The lowest BCUT2D eigenvalue weighted by Gasteiger charge is -2.34. The van der Waals surface area contributed by atoms with Gasteiger partial charge < -0.3 is 25.4 Å². The van der Waals surface area contributed by atoms with E-state index in [1.165, 1.54) is 26.4 Å². The number of benzene rings is 2. The van der Waals surface area contributed by atoms with Crippen molar-refractivity contribution in [1.29, 1.82) is 0 Å². The lowest BCUT2D eigenvalue weighted by atomic mass is 9.90. The number of nitrogen functional groups attached to an aromatic ring is 1. The molecule has 1 aliphatic carbocycles. The molecule has 1 saturated carbocycles. The van der Waals surface area contributed by atoms with Crippen molar-refractivity contribution in [2.24, 2.45) is 5.41 Å². The molecule has 0 radical (unpaired) electrons. The molecule has 2 aromatic carbocycles. The average Bonchev–Trinajstić information content (AvgIpc) is 3.67. The first kappa shape index (κ1) is 25.8. The maximum absolute atomic E-state index is 15.3. The summed E-state index contributed by atoms with van der Waals surface area (Å²) in [6, 6.07) is 7.58. The molecule has 0 unspecified atom stereocenters. The maximum atomic E-state index is 15.3. The molecular formula is C28H31F2N5O3. The fourth-order valence-corrected chi connectivity index (χ4v) is 5.25. The number of amides is 1. The van der Waals surface area contributed by atoms with Crippen LogP contribution in [0, 0.1) is 17.0 Å². The van der Waals surface area contributed by atoms with Crippen LogP contribution in [0.1, 0.15) is 43.6 Å². The summed E-state index contributed by atoms with van der Waals surface area (Å²) >= 11 is 0. The average molecular weight is 524 g/mol. The molecule has 1 aromatic heterocycles. The van der Waals surface area contributed by atoms with Crippen molar-refractivity contribution in [2.75, 3.05) is 39.6 Å². The number of anilines is 1. The number of ether oxygens (including phenoxy) is 2. The highest BCUT2D eigenvalue weighted by atomic mass is 19.1. The second kappa shape index (κ2) is 10.2. The van der Waals surface area contributed by atoms with Gasteiger partial charge in [0.25, 0.3) is 0 Å². The Morgan fingerprint density at radius 2 is 1.92 bits per heavy atom. The van der Waals surface area contributed by atoms with Crippen molar-refractivity contribution in [1.82, 2.24) is 20.2 Å². The second-order valence-corrected chi connectivity index (χ2v) is 9.79. The summed E-state index contributed by atoms with van der Waals surface area (Å²) in [5, 5.41) is 3.68. The van der Waals surface area contributed by atoms with Gasteiger partial charge in [-0.05, 0) is 43.1 Å². The molecule has 10 heteroatoms. The number of nitrogens with one attached hydrogen (secondary N) is 1. The van der Waals surface area contributed by atoms with Crippen LogP contribution in [0.5, 0.6) is 11.5 Å². The van der Waals surface area contributed by atoms with Gasteiger partial charge in [0.1, 0.15) is 17.2 Å². The van der Waals surface area contributed by atoms with Gasteiger partial charge in [0, 0.05) is 41.9 Å². The summed E-state index contributed by atoms with van der Waals surface area (Å²) in [6.45, 7) is 3.56. The number of fused-ring (bicyclic) bond motifs is 1. The topological polar surface area (TPSA) is 103 Å². The van der Waals surface area contributed by atoms with Crippen LogP contribution in [0.25, 0.3) is 16.5 Å². The Bertz CT molecular complexity index is 1410. The fraction of sp³-hybridized carbons (Fsp3) is 0.393. The number of aromatic nitrogens is 2.